The quantitative estimate of drug-likeness (QED) is 0.305. The molecule has 5 aliphatic rings. The summed E-state index contributed by atoms with van der Waals surface area (Å²) in [7, 11) is -2.88. The highest BCUT2D eigenvalue weighted by atomic mass is 32.2. The lowest BCUT2D eigenvalue weighted by Gasteiger charge is -2.48. The van der Waals surface area contributed by atoms with Crippen molar-refractivity contribution in [2.75, 3.05) is 33.5 Å². The first-order chi connectivity index (χ1) is 27.6. The minimum absolute atomic E-state index is 0.0496. The van der Waals surface area contributed by atoms with Gasteiger partial charge in [-0.25, -0.2) is 22.6 Å². The second kappa shape index (κ2) is 15.9. The summed E-state index contributed by atoms with van der Waals surface area (Å²) in [6.45, 7) is 4.98. The minimum atomic E-state index is -4.41. The molecule has 4 heterocycles. The maximum Gasteiger partial charge on any atom is 0.408 e. The van der Waals surface area contributed by atoms with Crippen molar-refractivity contribution < 1.29 is 51.3 Å². The predicted octanol–water partition coefficient (Wildman–Crippen LogP) is 4.34. The first kappa shape index (κ1) is 41.6. The van der Waals surface area contributed by atoms with E-state index in [1.54, 1.807) is 13.0 Å². The molecule has 8 atom stereocenters. The molecule has 1 unspecified atom stereocenters. The molecule has 7 rings (SSSR count). The average Bonchev–Trinajstić information content (AvgIpc) is 4.10. The zero-order valence-electron chi connectivity index (χ0n) is 33.4. The number of rotatable bonds is 9. The zero-order chi connectivity index (χ0) is 41.6. The van der Waals surface area contributed by atoms with Crippen molar-refractivity contribution >= 4 is 44.6 Å². The van der Waals surface area contributed by atoms with E-state index < -0.39 is 86.4 Å². The standard InChI is InChI=1S/C41H54FN5O10S/c1-25-10-5-6-11-27-20-41(27,37(50)45-58(53,54)40(23-42)15-16-40)44-34(48)31-19-28(57-35-30-13-8-7-12-29(30)32(55-4)21-43-35)22-46(31)36(49)33(26(2)18-25)47(38(51)52)39(3)14-9-17-56-24-39/h6-8,11-13,21,25-28,31,33H,5,9-10,14-20,22-24H2,1-4H3,(H,44,48)(H,45,50)(H,51,52)/t25-,26-,27-,28-,31+,33+,39?,41-/m1/s1. The Kier molecular flexibility index (Phi) is 11.4. The fraction of sp³-hybridized carbons (Fsp3) is 0.634. The minimum Gasteiger partial charge on any atom is -0.494 e. The Morgan fingerprint density at radius 2 is 1.90 bits per heavy atom. The lowest BCUT2D eigenvalue weighted by molar-refractivity contribution is -0.148. The van der Waals surface area contributed by atoms with Gasteiger partial charge in [0.15, 0.2) is 0 Å². The van der Waals surface area contributed by atoms with E-state index in [1.165, 1.54) is 23.1 Å². The van der Waals surface area contributed by atoms with E-state index in [9.17, 15) is 32.3 Å². The summed E-state index contributed by atoms with van der Waals surface area (Å²) >= 11 is 0. The number of allylic oxidation sites excluding steroid dienone is 1. The third-order valence-electron chi connectivity index (χ3n) is 12.9. The maximum atomic E-state index is 15.3. The Balaban J connectivity index is 1.28. The number of amides is 4. The summed E-state index contributed by atoms with van der Waals surface area (Å²) in [5.41, 5.74) is -2.73. The monoisotopic (exact) mass is 827 g/mol. The number of hydrogen-bond donors (Lipinski definition) is 3. The van der Waals surface area contributed by atoms with E-state index in [1.807, 2.05) is 44.2 Å². The van der Waals surface area contributed by atoms with Crippen molar-refractivity contribution in [3.05, 3.63) is 42.6 Å². The van der Waals surface area contributed by atoms with Crippen molar-refractivity contribution in [1.82, 2.24) is 24.8 Å². The second-order valence-corrected chi connectivity index (χ2v) is 19.3. The number of aromatic nitrogens is 1. The molecule has 15 nitrogen and oxygen atoms in total. The van der Waals surface area contributed by atoms with Crippen LogP contribution in [0.15, 0.2) is 42.6 Å². The molecule has 2 saturated heterocycles. The number of nitrogens with zero attached hydrogens (tertiary/aromatic N) is 3. The van der Waals surface area contributed by atoms with E-state index >= 15 is 4.79 Å². The van der Waals surface area contributed by atoms with Gasteiger partial charge >= 0.3 is 6.09 Å². The van der Waals surface area contributed by atoms with Crippen LogP contribution >= 0.6 is 0 Å². The van der Waals surface area contributed by atoms with E-state index in [0.717, 1.165) is 5.39 Å². The van der Waals surface area contributed by atoms with Crippen LogP contribution in [-0.4, -0.2) is 120 Å². The molecule has 0 spiro atoms. The summed E-state index contributed by atoms with van der Waals surface area (Å²) in [6, 6.07) is 4.86. The van der Waals surface area contributed by atoms with Gasteiger partial charge in [0.05, 0.1) is 32.0 Å². The van der Waals surface area contributed by atoms with E-state index in [-0.39, 0.29) is 50.6 Å². The second-order valence-electron chi connectivity index (χ2n) is 17.3. The van der Waals surface area contributed by atoms with Crippen LogP contribution in [0, 0.1) is 17.8 Å². The van der Waals surface area contributed by atoms with Crippen molar-refractivity contribution in [3.63, 3.8) is 0 Å². The van der Waals surface area contributed by atoms with Crippen LogP contribution in [0.25, 0.3) is 10.8 Å². The molecule has 3 aliphatic heterocycles. The average molecular weight is 828 g/mol. The Morgan fingerprint density at radius 3 is 2.55 bits per heavy atom. The first-order valence-electron chi connectivity index (χ1n) is 20.2. The van der Waals surface area contributed by atoms with Crippen LogP contribution < -0.4 is 19.5 Å². The third-order valence-corrected chi connectivity index (χ3v) is 15.0. The molecule has 17 heteroatoms. The number of fused-ring (bicyclic) bond motifs is 3. The lowest BCUT2D eigenvalue weighted by Crippen LogP contribution is -2.65. The van der Waals surface area contributed by atoms with Crippen LogP contribution in [-0.2, 0) is 29.1 Å². The van der Waals surface area contributed by atoms with Gasteiger partial charge in [-0.15, -0.1) is 0 Å². The molecule has 2 saturated carbocycles. The number of pyridine rings is 1. The van der Waals surface area contributed by atoms with Gasteiger partial charge in [-0.05, 0) is 76.2 Å². The topological polar surface area (TPSA) is 194 Å². The van der Waals surface area contributed by atoms with Gasteiger partial charge in [0.2, 0.25) is 27.7 Å². The molecule has 1 aromatic carbocycles. The highest BCUT2D eigenvalue weighted by Crippen LogP contribution is 2.48. The number of hydrogen-bond acceptors (Lipinski definition) is 10. The number of ether oxygens (including phenoxy) is 3. The van der Waals surface area contributed by atoms with Crippen molar-refractivity contribution in [1.29, 1.82) is 0 Å². The molecule has 4 fully saturated rings. The van der Waals surface area contributed by atoms with Gasteiger partial charge < -0.3 is 29.5 Å². The molecular formula is C41H54FN5O10S. The summed E-state index contributed by atoms with van der Waals surface area (Å²) < 4.78 is 58.6. The number of halogens is 1. The largest absolute Gasteiger partial charge is 0.494 e. The van der Waals surface area contributed by atoms with Gasteiger partial charge in [0.1, 0.15) is 40.9 Å². The molecule has 1 aromatic heterocycles. The van der Waals surface area contributed by atoms with Gasteiger partial charge in [-0.2, -0.15) is 0 Å². The predicted molar refractivity (Wildman–Crippen MR) is 210 cm³/mol. The Bertz CT molecular complexity index is 2070. The van der Waals surface area contributed by atoms with Crippen LogP contribution in [0.4, 0.5) is 9.18 Å². The lowest BCUT2D eigenvalue weighted by atomic mass is 9.83. The molecular weight excluding hydrogens is 774 g/mol. The SMILES string of the molecule is COc1cnc(O[C@@H]2C[C@H]3C(=O)N[C@]4(C(=O)NS(=O)(=O)C5(CF)CC5)C[C@H]4C=CCC[C@@H](C)C[C@@H](C)[C@H](N(C(=O)O)C4(C)CCCOC4)C(=O)N3C2)c2ccccc12. The smallest absolute Gasteiger partial charge is 0.408 e. The van der Waals surface area contributed by atoms with Gasteiger partial charge in [-0.1, -0.05) is 44.2 Å². The zero-order valence-corrected chi connectivity index (χ0v) is 34.3. The normalized spacial score (nSPS) is 32.5. The fourth-order valence-corrected chi connectivity index (χ4v) is 10.7. The number of methoxy groups -OCH3 is 1. The van der Waals surface area contributed by atoms with Crippen LogP contribution in [0.5, 0.6) is 11.6 Å². The van der Waals surface area contributed by atoms with Crippen molar-refractivity contribution in [3.8, 4) is 11.6 Å². The highest BCUT2D eigenvalue weighted by Gasteiger charge is 2.64. The van der Waals surface area contributed by atoms with Gasteiger partial charge in [-0.3, -0.25) is 24.0 Å². The van der Waals surface area contributed by atoms with Crippen molar-refractivity contribution in [2.45, 2.75) is 113 Å². The molecule has 3 N–H and O–H groups in total. The van der Waals surface area contributed by atoms with E-state index in [0.29, 0.717) is 49.8 Å². The number of nitrogens with one attached hydrogen (secondary N) is 2. The van der Waals surface area contributed by atoms with Gasteiger partial charge in [0, 0.05) is 29.7 Å². The third kappa shape index (κ3) is 7.71. The maximum absolute atomic E-state index is 15.3. The van der Waals surface area contributed by atoms with Crippen LogP contribution in [0.3, 0.4) is 0 Å². The summed E-state index contributed by atoms with van der Waals surface area (Å²) in [6.07, 6.45) is 6.15. The van der Waals surface area contributed by atoms with Crippen LogP contribution in [0.1, 0.15) is 78.6 Å². The number of carbonyl (C=O) groups excluding carboxylic acids is 3. The fourth-order valence-electron chi connectivity index (χ4n) is 9.25. The van der Waals surface area contributed by atoms with Crippen LogP contribution in [0.2, 0.25) is 0 Å². The summed E-state index contributed by atoms with van der Waals surface area (Å²) in [4.78, 5) is 64.4. The molecule has 0 bridgehead atoms. The van der Waals surface area contributed by atoms with Crippen molar-refractivity contribution in [2.24, 2.45) is 17.8 Å². The number of sulfonamides is 1. The molecule has 2 aliphatic carbocycles. The molecule has 4 amide bonds. The van der Waals surface area contributed by atoms with Gasteiger partial charge in [0.25, 0.3) is 5.91 Å². The summed E-state index contributed by atoms with van der Waals surface area (Å²) in [5.74, 6) is -2.53. The molecule has 2 aromatic rings. The highest BCUT2D eigenvalue weighted by molar-refractivity contribution is 7.91. The Morgan fingerprint density at radius 1 is 1.16 bits per heavy atom. The molecule has 0 radical (unpaired) electrons. The number of benzene rings is 1. The number of carbonyl (C=O) groups is 4. The Hall–Kier alpha value is -4.51. The van der Waals surface area contributed by atoms with E-state index in [2.05, 4.69) is 15.0 Å². The summed E-state index contributed by atoms with van der Waals surface area (Å²) in [5, 5.41) is 15.1. The Labute approximate surface area is 338 Å². The first-order valence-corrected chi connectivity index (χ1v) is 21.7. The molecule has 316 valence electrons. The number of alkyl halides is 1. The number of carboxylic acid groups (broad SMARTS) is 1. The van der Waals surface area contributed by atoms with E-state index in [4.69, 9.17) is 14.2 Å². The molecule has 58 heavy (non-hydrogen) atoms.